The van der Waals surface area contributed by atoms with E-state index in [2.05, 4.69) is 47.4 Å². The normalized spacial score (nSPS) is 31.0. The minimum atomic E-state index is -0.302. The van der Waals surface area contributed by atoms with Crippen molar-refractivity contribution in [2.75, 3.05) is 20.7 Å². The summed E-state index contributed by atoms with van der Waals surface area (Å²) in [5, 5.41) is 10.4. The van der Waals surface area contributed by atoms with Gasteiger partial charge in [0.05, 0.1) is 6.07 Å². The molecule has 4 rings (SSSR count). The predicted molar refractivity (Wildman–Crippen MR) is 85.4 cm³/mol. The summed E-state index contributed by atoms with van der Waals surface area (Å²) in [5.74, 6) is 0.363. The van der Waals surface area contributed by atoms with E-state index in [1.165, 1.54) is 22.0 Å². The average Bonchev–Trinajstić information content (AvgIpc) is 2.94. The molecule has 0 radical (unpaired) electrons. The lowest BCUT2D eigenvalue weighted by Crippen LogP contribution is -2.59. The van der Waals surface area contributed by atoms with Crippen LogP contribution in [0.25, 0.3) is 10.9 Å². The first-order chi connectivity index (χ1) is 10.7. The Morgan fingerprint density at radius 2 is 2.36 bits per heavy atom. The number of piperidine rings is 1. The zero-order valence-corrected chi connectivity index (χ0v) is 13.1. The number of methoxy groups -OCH3 is 1. The third kappa shape index (κ3) is 1.70. The van der Waals surface area contributed by atoms with E-state index in [-0.39, 0.29) is 5.60 Å². The Balaban J connectivity index is 1.92. The molecule has 22 heavy (non-hydrogen) atoms. The highest BCUT2D eigenvalue weighted by Crippen LogP contribution is 2.49. The maximum absolute atomic E-state index is 9.12. The van der Waals surface area contributed by atoms with Crippen LogP contribution in [0.1, 0.15) is 24.0 Å². The first-order valence-corrected chi connectivity index (χ1v) is 7.91. The van der Waals surface area contributed by atoms with Crippen molar-refractivity contribution in [1.29, 1.82) is 5.26 Å². The molecule has 4 nitrogen and oxygen atoms in total. The lowest BCUT2D eigenvalue weighted by molar-refractivity contribution is -0.124. The van der Waals surface area contributed by atoms with Crippen molar-refractivity contribution in [2.45, 2.75) is 30.9 Å². The monoisotopic (exact) mass is 295 g/mol. The van der Waals surface area contributed by atoms with Crippen LogP contribution in [0.2, 0.25) is 0 Å². The smallest absolute Gasteiger partial charge is 0.109 e. The lowest BCUT2D eigenvalue weighted by Gasteiger charge is -2.52. The Morgan fingerprint density at radius 1 is 1.50 bits per heavy atom. The predicted octanol–water partition coefficient (Wildman–Crippen LogP) is 2.80. The number of nitrogens with zero attached hydrogens (tertiary/aromatic N) is 2. The Hall–Kier alpha value is -1.83. The summed E-state index contributed by atoms with van der Waals surface area (Å²) in [4.78, 5) is 5.79. The van der Waals surface area contributed by atoms with Gasteiger partial charge < -0.3 is 9.72 Å². The average molecular weight is 295 g/mol. The molecule has 2 aromatic rings. The summed E-state index contributed by atoms with van der Waals surface area (Å²) in [6, 6.07) is 9.12. The van der Waals surface area contributed by atoms with Crippen molar-refractivity contribution in [3.8, 4) is 6.07 Å². The van der Waals surface area contributed by atoms with Crippen LogP contribution in [0.3, 0.4) is 0 Å². The van der Waals surface area contributed by atoms with Gasteiger partial charge in [-0.15, -0.1) is 0 Å². The highest BCUT2D eigenvalue weighted by molar-refractivity contribution is 5.88. The quantitative estimate of drug-likeness (QED) is 0.927. The molecule has 2 aliphatic rings. The van der Waals surface area contributed by atoms with Gasteiger partial charge in [0, 0.05) is 43.2 Å². The summed E-state index contributed by atoms with van der Waals surface area (Å²) < 4.78 is 6.18. The number of likely N-dealkylation sites (tertiary alicyclic amines) is 1. The zero-order valence-electron chi connectivity index (χ0n) is 13.1. The van der Waals surface area contributed by atoms with E-state index in [4.69, 9.17) is 10.00 Å². The second-order valence-electron chi connectivity index (χ2n) is 6.73. The number of hydrogen-bond acceptors (Lipinski definition) is 3. The van der Waals surface area contributed by atoms with Crippen LogP contribution in [0.15, 0.2) is 24.4 Å². The largest absolute Gasteiger partial charge is 0.372 e. The number of aromatic nitrogens is 1. The van der Waals surface area contributed by atoms with Gasteiger partial charge in [0.15, 0.2) is 0 Å². The van der Waals surface area contributed by atoms with Crippen LogP contribution in [0.5, 0.6) is 0 Å². The molecule has 0 bridgehead atoms. The van der Waals surface area contributed by atoms with E-state index in [9.17, 15) is 0 Å². The van der Waals surface area contributed by atoms with Gasteiger partial charge in [0.2, 0.25) is 0 Å². The molecule has 1 aromatic heterocycles. The number of fused-ring (bicyclic) bond motifs is 2. The fourth-order valence-corrected chi connectivity index (χ4v) is 4.70. The first kappa shape index (κ1) is 13.8. The highest BCUT2D eigenvalue weighted by atomic mass is 16.5. The van der Waals surface area contributed by atoms with Crippen LogP contribution in [0, 0.1) is 17.2 Å². The van der Waals surface area contributed by atoms with Crippen LogP contribution < -0.4 is 0 Å². The maximum Gasteiger partial charge on any atom is 0.109 e. The van der Waals surface area contributed by atoms with E-state index in [1.807, 2.05) is 7.11 Å². The van der Waals surface area contributed by atoms with Gasteiger partial charge >= 0.3 is 0 Å². The van der Waals surface area contributed by atoms with Crippen molar-refractivity contribution >= 4 is 10.9 Å². The molecule has 4 heteroatoms. The van der Waals surface area contributed by atoms with Crippen LogP contribution in [-0.2, 0) is 16.8 Å². The summed E-state index contributed by atoms with van der Waals surface area (Å²) in [5.41, 5.74) is 3.55. The van der Waals surface area contributed by atoms with E-state index in [0.717, 1.165) is 19.4 Å². The fraction of sp³-hybridized carbons (Fsp3) is 0.500. The number of aromatic amines is 1. The molecule has 1 aliphatic heterocycles. The van der Waals surface area contributed by atoms with Crippen molar-refractivity contribution in [2.24, 2.45) is 5.92 Å². The number of nitrogens with one attached hydrogen (secondary N) is 1. The molecular weight excluding hydrogens is 274 g/mol. The SMILES string of the molecule is CO[C@]12C[C@@H](CC#N)CN(C)[C@@H]1Cc1c[nH]c3cccc2c13. The van der Waals surface area contributed by atoms with E-state index in [1.54, 1.807) is 0 Å². The minimum absolute atomic E-state index is 0.302. The lowest BCUT2D eigenvalue weighted by atomic mass is 9.68. The van der Waals surface area contributed by atoms with Crippen LogP contribution >= 0.6 is 0 Å². The standard InChI is InChI=1S/C18H21N3O/c1-21-11-12(6-7-19)9-18(22-2)14-4-3-5-15-17(14)13(10-20-15)8-16(18)21/h3-5,10,12,16,20H,6,8-9,11H2,1-2H3/t12-,16-,18+/m1/s1. The number of benzene rings is 1. The van der Waals surface area contributed by atoms with Crippen molar-refractivity contribution in [3.63, 3.8) is 0 Å². The second-order valence-corrected chi connectivity index (χ2v) is 6.73. The summed E-state index contributed by atoms with van der Waals surface area (Å²) in [7, 11) is 3.99. The zero-order chi connectivity index (χ0) is 15.3. The van der Waals surface area contributed by atoms with Crippen molar-refractivity contribution < 1.29 is 4.74 Å². The number of hydrogen-bond donors (Lipinski definition) is 1. The van der Waals surface area contributed by atoms with E-state index >= 15 is 0 Å². The third-order valence-electron chi connectivity index (χ3n) is 5.61. The molecule has 1 aliphatic carbocycles. The Labute approximate surface area is 130 Å². The highest BCUT2D eigenvalue weighted by Gasteiger charge is 2.51. The van der Waals surface area contributed by atoms with Gasteiger partial charge in [-0.05, 0) is 43.0 Å². The number of ether oxygens (including phenoxy) is 1. The number of rotatable bonds is 2. The molecule has 1 fully saturated rings. The minimum Gasteiger partial charge on any atom is -0.372 e. The summed E-state index contributed by atoms with van der Waals surface area (Å²) >= 11 is 0. The molecule has 0 saturated carbocycles. The van der Waals surface area contributed by atoms with Gasteiger partial charge in [0.25, 0.3) is 0 Å². The van der Waals surface area contributed by atoms with Gasteiger partial charge in [0.1, 0.15) is 5.60 Å². The van der Waals surface area contributed by atoms with Gasteiger partial charge in [-0.2, -0.15) is 5.26 Å². The Kier molecular flexibility index (Phi) is 3.04. The first-order valence-electron chi connectivity index (χ1n) is 7.91. The third-order valence-corrected chi connectivity index (χ3v) is 5.61. The van der Waals surface area contributed by atoms with Gasteiger partial charge in [-0.25, -0.2) is 0 Å². The second kappa shape index (κ2) is 4.84. The van der Waals surface area contributed by atoms with E-state index in [0.29, 0.717) is 18.4 Å². The van der Waals surface area contributed by atoms with Crippen molar-refractivity contribution in [3.05, 3.63) is 35.5 Å². The maximum atomic E-state index is 9.12. The van der Waals surface area contributed by atoms with Crippen LogP contribution in [0.4, 0.5) is 0 Å². The fourth-order valence-electron chi connectivity index (χ4n) is 4.70. The number of H-pyrrole nitrogens is 1. The molecule has 114 valence electrons. The van der Waals surface area contributed by atoms with Gasteiger partial charge in [-0.1, -0.05) is 12.1 Å². The Bertz CT molecular complexity index is 759. The topological polar surface area (TPSA) is 52.0 Å². The molecular formula is C18H21N3O. The molecule has 2 heterocycles. The molecule has 0 spiro atoms. The molecule has 0 amide bonds. The molecule has 0 unspecified atom stereocenters. The summed E-state index contributed by atoms with van der Waals surface area (Å²) in [6.45, 7) is 0.971. The number of likely N-dealkylation sites (N-methyl/N-ethyl adjacent to an activating group) is 1. The summed E-state index contributed by atoms with van der Waals surface area (Å²) in [6.07, 6.45) is 4.66. The molecule has 1 saturated heterocycles. The number of nitriles is 1. The van der Waals surface area contributed by atoms with Gasteiger partial charge in [-0.3, -0.25) is 4.90 Å². The van der Waals surface area contributed by atoms with Crippen LogP contribution in [-0.4, -0.2) is 36.6 Å². The van der Waals surface area contributed by atoms with E-state index < -0.39 is 0 Å². The van der Waals surface area contributed by atoms with Crippen molar-refractivity contribution in [1.82, 2.24) is 9.88 Å². The molecule has 1 aromatic carbocycles. The molecule has 1 N–H and O–H groups in total. The molecule has 3 atom stereocenters. The Morgan fingerprint density at radius 3 is 3.14 bits per heavy atom.